The first-order chi connectivity index (χ1) is 19.0. The number of carbonyl (C=O) groups excluding carboxylic acids is 1. The van der Waals surface area contributed by atoms with E-state index in [1.807, 2.05) is 32.0 Å². The molecule has 1 aliphatic rings. The van der Waals surface area contributed by atoms with Gasteiger partial charge in [-0.1, -0.05) is 30.3 Å². The smallest absolute Gasteiger partial charge is 0.387 e. The van der Waals surface area contributed by atoms with Crippen molar-refractivity contribution in [2.75, 3.05) is 5.32 Å². The number of rotatable bonds is 8. The lowest BCUT2D eigenvalue weighted by molar-refractivity contribution is -0.594. The fourth-order valence-corrected chi connectivity index (χ4v) is 4.99. The maximum absolute atomic E-state index is 14.6. The van der Waals surface area contributed by atoms with Crippen molar-refractivity contribution in [2.45, 2.75) is 46.1 Å². The number of aromatic amines is 1. The second kappa shape index (κ2) is 10.3. The molecule has 5 rings (SSSR count). The number of ether oxygens (including phenoxy) is 1. The Balaban J connectivity index is 1.50. The molecule has 1 aliphatic carbocycles. The predicted molar refractivity (Wildman–Crippen MR) is 142 cm³/mol. The molecule has 40 heavy (non-hydrogen) atoms. The van der Waals surface area contributed by atoms with Crippen molar-refractivity contribution < 1.29 is 31.8 Å². The van der Waals surface area contributed by atoms with Gasteiger partial charge in [0.1, 0.15) is 5.75 Å². The third-order valence-electron chi connectivity index (χ3n) is 7.10. The molecule has 0 atom stereocenters. The van der Waals surface area contributed by atoms with Gasteiger partial charge >= 0.3 is 6.61 Å². The summed E-state index contributed by atoms with van der Waals surface area (Å²) in [7, 11) is 0. The predicted octanol–water partition coefficient (Wildman–Crippen LogP) is 7.26. The normalized spacial score (nSPS) is 13.5. The van der Waals surface area contributed by atoms with Crippen LogP contribution in [0.2, 0.25) is 0 Å². The topological polar surface area (TPSA) is 81.1 Å². The lowest BCUT2D eigenvalue weighted by atomic mass is 9.93. The number of carbonyl (C=O) groups is 1. The lowest BCUT2D eigenvalue weighted by Crippen LogP contribution is -2.36. The summed E-state index contributed by atoms with van der Waals surface area (Å²) in [4.78, 5) is 16.0. The number of hydrogen-bond donors (Lipinski definition) is 2. The maximum atomic E-state index is 14.6. The Morgan fingerprint density at radius 1 is 1.05 bits per heavy atom. The summed E-state index contributed by atoms with van der Waals surface area (Å²) in [5, 5.41) is 15.9. The number of aryl methyl sites for hydroxylation is 3. The number of amides is 1. The van der Waals surface area contributed by atoms with E-state index >= 15 is 0 Å². The molecular weight excluding hydrogens is 526 g/mol. The summed E-state index contributed by atoms with van der Waals surface area (Å²) in [6, 6.07) is 15.3. The molecule has 6 nitrogen and oxygen atoms in total. The van der Waals surface area contributed by atoms with E-state index in [2.05, 4.69) is 10.3 Å². The van der Waals surface area contributed by atoms with Crippen LogP contribution in [0.5, 0.6) is 5.75 Å². The van der Waals surface area contributed by atoms with Crippen LogP contribution in [-0.4, -0.2) is 17.5 Å². The Hall–Kier alpha value is -4.34. The van der Waals surface area contributed by atoms with Gasteiger partial charge in [0, 0.05) is 29.7 Å². The van der Waals surface area contributed by atoms with E-state index in [0.717, 1.165) is 11.1 Å². The Morgan fingerprint density at radius 2 is 1.73 bits per heavy atom. The molecule has 3 aromatic carbocycles. The third-order valence-corrected chi connectivity index (χ3v) is 7.10. The fourth-order valence-electron chi connectivity index (χ4n) is 4.99. The van der Waals surface area contributed by atoms with Gasteiger partial charge in [0.15, 0.2) is 5.69 Å². The highest BCUT2D eigenvalue weighted by Gasteiger charge is 2.48. The number of nitrogens with one attached hydrogen (secondary N) is 2. The van der Waals surface area contributed by atoms with Crippen molar-refractivity contribution in [3.8, 4) is 28.3 Å². The molecule has 0 saturated heterocycles. The molecule has 0 aliphatic heterocycles. The second-order valence-electron chi connectivity index (χ2n) is 10.0. The third kappa shape index (κ3) is 5.13. The minimum absolute atomic E-state index is 0.00718. The molecule has 0 bridgehead atoms. The monoisotopic (exact) mass is 553 g/mol. The number of anilines is 1. The van der Waals surface area contributed by atoms with Gasteiger partial charge in [-0.15, -0.1) is 0 Å². The number of halogens is 4. The minimum atomic E-state index is -3.05. The summed E-state index contributed by atoms with van der Waals surface area (Å²) in [5.74, 6) is -4.54. The van der Waals surface area contributed by atoms with Crippen LogP contribution in [-0.2, 0) is 5.92 Å². The van der Waals surface area contributed by atoms with Gasteiger partial charge in [-0.3, -0.25) is 4.79 Å². The zero-order chi connectivity index (χ0) is 28.8. The number of benzene rings is 3. The molecule has 1 fully saturated rings. The first-order valence-corrected chi connectivity index (χ1v) is 12.7. The average molecular weight is 554 g/mol. The molecule has 2 N–H and O–H groups in total. The van der Waals surface area contributed by atoms with Crippen LogP contribution in [0.1, 0.15) is 45.7 Å². The summed E-state index contributed by atoms with van der Waals surface area (Å²) in [6.07, 6.45) is 0.900. The SMILES string of the molecule is Cc1cccc(C)c1-c1cc(-c2[nH]c(C)c(C(=O)Nc3cccc(C(F)(F)C4CC4)c3)[n+]2[O-])ccc1OC(F)F. The second-order valence-corrected chi connectivity index (χ2v) is 10.0. The minimum Gasteiger partial charge on any atom is -0.710 e. The molecule has 1 amide bonds. The van der Waals surface area contributed by atoms with Crippen molar-refractivity contribution in [2.24, 2.45) is 5.92 Å². The van der Waals surface area contributed by atoms with E-state index in [1.165, 1.54) is 43.3 Å². The first-order valence-electron chi connectivity index (χ1n) is 12.7. The standard InChI is InChI=1S/C30H27F4N3O3/c1-16-6-4-7-17(2)25(16)23-14-19(10-13-24(23)40-29(31)32)27-35-18(3)26(37(27)39)28(38)36-22-9-5-8-21(15-22)30(33,34)20-11-12-20/h4-10,13-15,20,29,35H,11-12H2,1-3H3,(H,36,38). The van der Waals surface area contributed by atoms with Crippen molar-refractivity contribution in [3.63, 3.8) is 0 Å². The van der Waals surface area contributed by atoms with E-state index in [1.54, 1.807) is 6.07 Å². The molecule has 4 aromatic rings. The molecule has 1 saturated carbocycles. The van der Waals surface area contributed by atoms with Gasteiger partial charge in [-0.25, -0.2) is 18.5 Å². The molecule has 10 heteroatoms. The Labute approximate surface area is 228 Å². The van der Waals surface area contributed by atoms with Crippen LogP contribution in [0, 0.1) is 31.9 Å². The number of H-pyrrole nitrogens is 1. The van der Waals surface area contributed by atoms with E-state index in [4.69, 9.17) is 4.74 Å². The van der Waals surface area contributed by atoms with Crippen molar-refractivity contribution >= 4 is 11.6 Å². The molecule has 0 spiro atoms. The maximum Gasteiger partial charge on any atom is 0.387 e. The number of aromatic nitrogens is 2. The van der Waals surface area contributed by atoms with Gasteiger partial charge in [-0.05, 0) is 73.7 Å². The van der Waals surface area contributed by atoms with Crippen molar-refractivity contribution in [3.05, 3.63) is 93.9 Å². The number of nitrogens with zero attached hydrogens (tertiary/aromatic N) is 1. The Kier molecular flexibility index (Phi) is 7.03. The van der Waals surface area contributed by atoms with Gasteiger partial charge < -0.3 is 15.3 Å². The number of imidazole rings is 1. The highest BCUT2D eigenvalue weighted by molar-refractivity contribution is 6.02. The summed E-state index contributed by atoms with van der Waals surface area (Å²) in [5.41, 5.74) is 2.95. The largest absolute Gasteiger partial charge is 0.710 e. The zero-order valence-electron chi connectivity index (χ0n) is 22.0. The van der Waals surface area contributed by atoms with E-state index in [0.29, 0.717) is 34.3 Å². The molecular formula is C30H27F4N3O3. The van der Waals surface area contributed by atoms with E-state index in [-0.39, 0.29) is 34.2 Å². The van der Waals surface area contributed by atoms with Crippen LogP contribution in [0.25, 0.3) is 22.5 Å². The van der Waals surface area contributed by atoms with Crippen LogP contribution in [0.4, 0.5) is 23.2 Å². The summed E-state index contributed by atoms with van der Waals surface area (Å²) < 4.78 is 60.7. The van der Waals surface area contributed by atoms with Crippen LogP contribution >= 0.6 is 0 Å². The number of hydrogen-bond acceptors (Lipinski definition) is 3. The van der Waals surface area contributed by atoms with Gasteiger partial charge in [0.2, 0.25) is 5.69 Å². The fraction of sp³-hybridized carbons (Fsp3) is 0.267. The highest BCUT2D eigenvalue weighted by atomic mass is 19.3. The Bertz CT molecular complexity index is 1580. The molecule has 1 heterocycles. The number of alkyl halides is 4. The average Bonchev–Trinajstić information content (AvgIpc) is 3.70. The molecule has 1 aromatic heterocycles. The summed E-state index contributed by atoms with van der Waals surface area (Å²) in [6.45, 7) is 2.16. The highest BCUT2D eigenvalue weighted by Crippen LogP contribution is 2.50. The van der Waals surface area contributed by atoms with Gasteiger partial charge in [-0.2, -0.15) is 8.78 Å². The van der Waals surface area contributed by atoms with Crippen molar-refractivity contribution in [1.82, 2.24) is 4.98 Å². The molecule has 208 valence electrons. The lowest BCUT2D eigenvalue weighted by Gasteiger charge is -2.17. The van der Waals surface area contributed by atoms with Crippen LogP contribution in [0.3, 0.4) is 0 Å². The Morgan fingerprint density at radius 3 is 2.38 bits per heavy atom. The summed E-state index contributed by atoms with van der Waals surface area (Å²) >= 11 is 0. The van der Waals surface area contributed by atoms with Crippen LogP contribution < -0.4 is 14.8 Å². The zero-order valence-corrected chi connectivity index (χ0v) is 22.0. The van der Waals surface area contributed by atoms with Gasteiger partial charge in [0.05, 0.1) is 5.56 Å². The van der Waals surface area contributed by atoms with E-state index < -0.39 is 24.4 Å². The first kappa shape index (κ1) is 27.2. The van der Waals surface area contributed by atoms with Crippen molar-refractivity contribution in [1.29, 1.82) is 0 Å². The quantitative estimate of drug-likeness (QED) is 0.137. The van der Waals surface area contributed by atoms with Crippen LogP contribution in [0.15, 0.2) is 60.7 Å². The molecule has 0 unspecified atom stereocenters. The van der Waals surface area contributed by atoms with E-state index in [9.17, 15) is 27.6 Å². The molecule has 0 radical (unpaired) electrons. The van der Waals surface area contributed by atoms with Gasteiger partial charge in [0.25, 0.3) is 17.7 Å².